The maximum atomic E-state index is 15.1. The fraction of sp³-hybridized carbons (Fsp3) is 0.233. The Labute approximate surface area is 235 Å². The third-order valence-electron chi connectivity index (χ3n) is 7.18. The van der Waals surface area contributed by atoms with Crippen LogP contribution in [-0.4, -0.2) is 36.7 Å². The maximum Gasteiger partial charge on any atom is 0.224 e. The molecule has 0 fully saturated rings. The van der Waals surface area contributed by atoms with Crippen LogP contribution >= 0.6 is 11.6 Å². The summed E-state index contributed by atoms with van der Waals surface area (Å²) in [5, 5.41) is 2.87. The SMILES string of the molecule is CC(C)(c1nc2nccnc2[nH]1)[C@@H]1c2ccc(-c3ccc(NC(=O)CCCCl)cc3)nc2Oc2c(F)cccc21. The van der Waals surface area contributed by atoms with E-state index in [0.29, 0.717) is 58.7 Å². The van der Waals surface area contributed by atoms with Crippen LogP contribution in [0.25, 0.3) is 22.6 Å². The number of benzene rings is 2. The normalized spacial score (nSPS) is 14.3. The van der Waals surface area contributed by atoms with Gasteiger partial charge in [-0.25, -0.2) is 24.3 Å². The number of carbonyl (C=O) groups excluding carboxylic acids is 1. The molecule has 2 N–H and O–H groups in total. The molecule has 5 aromatic rings. The number of H-pyrrole nitrogens is 1. The molecular weight excluding hydrogens is 531 g/mol. The van der Waals surface area contributed by atoms with Gasteiger partial charge < -0.3 is 15.0 Å². The number of fused-ring (bicyclic) bond motifs is 3. The molecule has 1 aliphatic heterocycles. The van der Waals surface area contributed by atoms with E-state index < -0.39 is 11.2 Å². The first-order valence-corrected chi connectivity index (χ1v) is 13.5. The molecule has 1 amide bonds. The fourth-order valence-corrected chi connectivity index (χ4v) is 5.31. The predicted molar refractivity (Wildman–Crippen MR) is 151 cm³/mol. The van der Waals surface area contributed by atoms with Crippen LogP contribution in [0.4, 0.5) is 10.1 Å². The van der Waals surface area contributed by atoms with E-state index >= 15 is 4.39 Å². The minimum Gasteiger partial charge on any atom is -0.435 e. The Morgan fingerprint density at radius 2 is 1.85 bits per heavy atom. The first kappa shape index (κ1) is 25.9. The number of para-hydroxylation sites is 1. The third-order valence-corrected chi connectivity index (χ3v) is 7.44. The van der Waals surface area contributed by atoms with Crippen molar-refractivity contribution >= 4 is 34.5 Å². The molecule has 202 valence electrons. The Morgan fingerprint density at radius 3 is 2.62 bits per heavy atom. The number of rotatable bonds is 7. The van der Waals surface area contributed by atoms with Gasteiger partial charge in [0.2, 0.25) is 11.8 Å². The molecule has 0 unspecified atom stereocenters. The van der Waals surface area contributed by atoms with Gasteiger partial charge in [-0.3, -0.25) is 4.79 Å². The summed E-state index contributed by atoms with van der Waals surface area (Å²) in [7, 11) is 0. The number of imidazole rings is 1. The maximum absolute atomic E-state index is 15.1. The summed E-state index contributed by atoms with van der Waals surface area (Å²) in [6.45, 7) is 4.10. The highest BCUT2D eigenvalue weighted by molar-refractivity contribution is 6.18. The van der Waals surface area contributed by atoms with Crippen LogP contribution in [0.3, 0.4) is 0 Å². The van der Waals surface area contributed by atoms with Crippen molar-refractivity contribution in [1.29, 1.82) is 0 Å². The zero-order valence-electron chi connectivity index (χ0n) is 21.9. The molecule has 0 spiro atoms. The number of amides is 1. The van der Waals surface area contributed by atoms with E-state index in [-0.39, 0.29) is 17.6 Å². The van der Waals surface area contributed by atoms with Gasteiger partial charge in [0.1, 0.15) is 5.82 Å². The number of hydrogen-bond acceptors (Lipinski definition) is 6. The number of anilines is 1. The van der Waals surface area contributed by atoms with Gasteiger partial charge in [0, 0.05) is 58.4 Å². The van der Waals surface area contributed by atoms with Crippen molar-refractivity contribution in [2.24, 2.45) is 0 Å². The summed E-state index contributed by atoms with van der Waals surface area (Å²) in [4.78, 5) is 33.5. The molecule has 1 aliphatic rings. The van der Waals surface area contributed by atoms with Gasteiger partial charge in [-0.1, -0.05) is 44.2 Å². The fourth-order valence-electron chi connectivity index (χ4n) is 5.18. The molecule has 3 aromatic heterocycles. The second-order valence-corrected chi connectivity index (χ2v) is 10.6. The predicted octanol–water partition coefficient (Wildman–Crippen LogP) is 6.73. The van der Waals surface area contributed by atoms with Crippen molar-refractivity contribution in [2.75, 3.05) is 11.2 Å². The van der Waals surface area contributed by atoms with Crippen LogP contribution in [0, 0.1) is 5.82 Å². The van der Waals surface area contributed by atoms with Crippen LogP contribution in [-0.2, 0) is 10.2 Å². The zero-order chi connectivity index (χ0) is 27.9. The molecule has 1 atom stereocenters. The Balaban J connectivity index is 1.38. The summed E-state index contributed by atoms with van der Waals surface area (Å²) < 4.78 is 21.2. The van der Waals surface area contributed by atoms with Crippen molar-refractivity contribution < 1.29 is 13.9 Å². The Morgan fingerprint density at radius 1 is 1.05 bits per heavy atom. The Kier molecular flexibility index (Phi) is 6.67. The largest absolute Gasteiger partial charge is 0.435 e. The van der Waals surface area contributed by atoms with E-state index in [1.54, 1.807) is 18.5 Å². The van der Waals surface area contributed by atoms with Crippen LogP contribution in [0.15, 0.2) is 67.0 Å². The molecule has 40 heavy (non-hydrogen) atoms. The molecule has 0 aliphatic carbocycles. The summed E-state index contributed by atoms with van der Waals surface area (Å²) in [5.41, 5.74) is 4.18. The molecule has 6 rings (SSSR count). The molecule has 0 bridgehead atoms. The van der Waals surface area contributed by atoms with E-state index in [0.717, 1.165) is 11.1 Å². The number of alkyl halides is 1. The number of carbonyl (C=O) groups is 1. The van der Waals surface area contributed by atoms with E-state index in [1.165, 1.54) is 6.07 Å². The van der Waals surface area contributed by atoms with Crippen molar-refractivity contribution in [3.8, 4) is 22.9 Å². The highest BCUT2D eigenvalue weighted by Crippen LogP contribution is 2.52. The van der Waals surface area contributed by atoms with Gasteiger partial charge in [-0.15, -0.1) is 11.6 Å². The molecule has 0 saturated carbocycles. The van der Waals surface area contributed by atoms with Gasteiger partial charge in [-0.2, -0.15) is 0 Å². The second kappa shape index (κ2) is 10.3. The zero-order valence-corrected chi connectivity index (χ0v) is 22.7. The first-order valence-electron chi connectivity index (χ1n) is 13.0. The minimum absolute atomic E-state index is 0.0842. The summed E-state index contributed by atoms with van der Waals surface area (Å²) >= 11 is 5.68. The number of nitrogens with one attached hydrogen (secondary N) is 2. The van der Waals surface area contributed by atoms with E-state index in [2.05, 4.69) is 20.3 Å². The minimum atomic E-state index is -0.629. The third kappa shape index (κ3) is 4.66. The summed E-state index contributed by atoms with van der Waals surface area (Å²) in [6.07, 6.45) is 4.20. The number of pyridine rings is 1. The number of aromatic amines is 1. The monoisotopic (exact) mass is 556 g/mol. The number of halogens is 2. The highest BCUT2D eigenvalue weighted by atomic mass is 35.5. The van der Waals surface area contributed by atoms with Crippen LogP contribution in [0.5, 0.6) is 11.6 Å². The van der Waals surface area contributed by atoms with Crippen LogP contribution in [0.1, 0.15) is 49.6 Å². The molecule has 4 heterocycles. The summed E-state index contributed by atoms with van der Waals surface area (Å²) in [6, 6.07) is 16.2. The molecular formula is C30H26ClFN6O2. The lowest BCUT2D eigenvalue weighted by Gasteiger charge is -2.37. The number of aromatic nitrogens is 5. The van der Waals surface area contributed by atoms with Crippen molar-refractivity contribution in [3.63, 3.8) is 0 Å². The Hall–Kier alpha value is -4.37. The molecule has 0 radical (unpaired) electrons. The average Bonchev–Trinajstić information content (AvgIpc) is 3.41. The lowest BCUT2D eigenvalue weighted by atomic mass is 9.69. The lowest BCUT2D eigenvalue weighted by Crippen LogP contribution is -2.32. The van der Waals surface area contributed by atoms with Crippen LogP contribution in [0.2, 0.25) is 0 Å². The van der Waals surface area contributed by atoms with E-state index in [4.69, 9.17) is 26.3 Å². The quantitative estimate of drug-likeness (QED) is 0.215. The van der Waals surface area contributed by atoms with Gasteiger partial charge in [0.05, 0.1) is 5.69 Å². The van der Waals surface area contributed by atoms with E-state index in [1.807, 2.05) is 56.3 Å². The van der Waals surface area contributed by atoms with Gasteiger partial charge in [-0.05, 0) is 30.7 Å². The topological polar surface area (TPSA) is 106 Å². The first-order chi connectivity index (χ1) is 19.3. The standard InChI is InChI=1S/C30H26ClFN6O2/c1-30(2,29-37-26-27(38-29)34-16-15-33-26)24-19-5-3-6-21(32)25(19)40-28-20(24)12-13-22(36-28)17-8-10-18(11-9-17)35-23(39)7-4-14-31/h3,5-6,8-13,15-16,24H,4,7,14H2,1-2H3,(H,35,39)(H,33,34,37,38)/t24-/m0/s1. The van der Waals surface area contributed by atoms with Gasteiger partial charge in [0.25, 0.3) is 0 Å². The lowest BCUT2D eigenvalue weighted by molar-refractivity contribution is -0.116. The summed E-state index contributed by atoms with van der Waals surface area (Å²) in [5.74, 6) is 0.734. The van der Waals surface area contributed by atoms with Gasteiger partial charge in [0.15, 0.2) is 22.9 Å². The number of ether oxygens (including phenoxy) is 1. The molecule has 10 heteroatoms. The van der Waals surface area contributed by atoms with Crippen molar-refractivity contribution in [2.45, 2.75) is 38.0 Å². The number of nitrogens with zero attached hydrogens (tertiary/aromatic N) is 4. The van der Waals surface area contributed by atoms with E-state index in [9.17, 15) is 4.79 Å². The number of hydrogen-bond donors (Lipinski definition) is 2. The molecule has 8 nitrogen and oxygen atoms in total. The second-order valence-electron chi connectivity index (χ2n) is 10.2. The van der Waals surface area contributed by atoms with Crippen LogP contribution < -0.4 is 10.1 Å². The smallest absolute Gasteiger partial charge is 0.224 e. The average molecular weight is 557 g/mol. The highest BCUT2D eigenvalue weighted by Gasteiger charge is 2.43. The van der Waals surface area contributed by atoms with Gasteiger partial charge >= 0.3 is 0 Å². The van der Waals surface area contributed by atoms with Crippen molar-refractivity contribution in [1.82, 2.24) is 24.9 Å². The molecule has 0 saturated heterocycles. The Bertz CT molecular complexity index is 1690. The molecule has 2 aromatic carbocycles. The van der Waals surface area contributed by atoms with Crippen molar-refractivity contribution in [3.05, 3.63) is 89.8 Å².